The van der Waals surface area contributed by atoms with Gasteiger partial charge in [-0.25, -0.2) is 0 Å². The van der Waals surface area contributed by atoms with Gasteiger partial charge in [0.05, 0.1) is 12.8 Å². The monoisotopic (exact) mass is 459 g/mol. The lowest BCUT2D eigenvalue weighted by Crippen LogP contribution is -2.44. The molecule has 0 aliphatic carbocycles. The molecule has 2 aromatic carbocycles. The van der Waals surface area contributed by atoms with Crippen LogP contribution in [-0.2, 0) is 19.6 Å². The Labute approximate surface area is 204 Å². The minimum atomic E-state index is 0.793. The van der Waals surface area contributed by atoms with Crippen molar-refractivity contribution in [1.82, 2.24) is 14.8 Å². The van der Waals surface area contributed by atoms with Gasteiger partial charge in [0.15, 0.2) is 0 Å². The molecule has 0 atom stereocenters. The van der Waals surface area contributed by atoms with Crippen LogP contribution in [0.4, 0.5) is 11.4 Å². The van der Waals surface area contributed by atoms with Gasteiger partial charge >= 0.3 is 0 Å². The summed E-state index contributed by atoms with van der Waals surface area (Å²) in [5.41, 5.74) is 6.04. The summed E-state index contributed by atoms with van der Waals surface area (Å²) in [5.74, 6) is 0.887. The fourth-order valence-electron chi connectivity index (χ4n) is 4.37. The number of nitrogens with zero attached hydrogens (tertiary/aromatic N) is 5. The van der Waals surface area contributed by atoms with Crippen LogP contribution in [0.3, 0.4) is 0 Å². The summed E-state index contributed by atoms with van der Waals surface area (Å²) >= 11 is 0. The highest BCUT2D eigenvalue weighted by molar-refractivity contribution is 5.51. The number of piperazine rings is 1. The molecule has 0 N–H and O–H groups in total. The molecule has 1 fully saturated rings. The van der Waals surface area contributed by atoms with Gasteiger partial charge in [-0.3, -0.25) is 9.88 Å². The first-order valence-corrected chi connectivity index (χ1v) is 12.0. The lowest BCUT2D eigenvalue weighted by atomic mass is 10.1. The summed E-state index contributed by atoms with van der Waals surface area (Å²) in [6.45, 7) is 6.91. The summed E-state index contributed by atoms with van der Waals surface area (Å²) in [6.07, 6.45) is 1.95. The molecule has 1 saturated heterocycles. The summed E-state index contributed by atoms with van der Waals surface area (Å²) in [6, 6.07) is 21.5. The van der Waals surface area contributed by atoms with Crippen LogP contribution in [0.5, 0.6) is 5.75 Å². The number of ether oxygens (including phenoxy) is 1. The third-order valence-electron chi connectivity index (χ3n) is 6.45. The number of likely N-dealkylation sites (N-methyl/N-ethyl adjacent to an activating group) is 1. The van der Waals surface area contributed by atoms with Crippen molar-refractivity contribution in [2.75, 3.05) is 64.2 Å². The second kappa shape index (κ2) is 11.4. The van der Waals surface area contributed by atoms with Crippen molar-refractivity contribution < 1.29 is 4.74 Å². The summed E-state index contributed by atoms with van der Waals surface area (Å²) < 4.78 is 5.47. The first kappa shape index (κ1) is 24.0. The SMILES string of the molecule is COc1cccc(CN(Cc2cccc(N(C)C)c2)c2ccnc(CN3CCN(C)CC3)c2)c1. The number of hydrogen-bond donors (Lipinski definition) is 0. The highest BCUT2D eigenvalue weighted by Crippen LogP contribution is 2.24. The average molecular weight is 460 g/mol. The molecule has 6 nitrogen and oxygen atoms in total. The van der Waals surface area contributed by atoms with E-state index in [1.54, 1.807) is 7.11 Å². The van der Waals surface area contributed by atoms with Crippen LogP contribution in [0.2, 0.25) is 0 Å². The maximum atomic E-state index is 5.47. The number of methoxy groups -OCH3 is 1. The molecular formula is C28H37N5O. The third-order valence-corrected chi connectivity index (χ3v) is 6.45. The van der Waals surface area contributed by atoms with Crippen molar-refractivity contribution in [2.24, 2.45) is 0 Å². The van der Waals surface area contributed by atoms with Crippen molar-refractivity contribution in [3.63, 3.8) is 0 Å². The van der Waals surface area contributed by atoms with Crippen molar-refractivity contribution in [1.29, 1.82) is 0 Å². The lowest BCUT2D eigenvalue weighted by molar-refractivity contribution is 0.147. The Balaban J connectivity index is 1.58. The standard InChI is InChI=1S/C28H37N5O/c1-30(2)26-9-5-7-23(17-26)20-33(21-24-8-6-10-28(18-24)34-4)27-11-12-29-25(19-27)22-32-15-13-31(3)14-16-32/h5-12,17-19H,13-16,20-22H2,1-4H3. The zero-order chi connectivity index (χ0) is 23.9. The first-order valence-electron chi connectivity index (χ1n) is 12.0. The normalized spacial score (nSPS) is 14.7. The Morgan fingerprint density at radius 3 is 2.26 bits per heavy atom. The second-order valence-corrected chi connectivity index (χ2v) is 9.36. The van der Waals surface area contributed by atoms with E-state index in [4.69, 9.17) is 9.72 Å². The van der Waals surface area contributed by atoms with Crippen LogP contribution in [-0.4, -0.2) is 69.2 Å². The van der Waals surface area contributed by atoms with E-state index in [2.05, 4.69) is 95.3 Å². The molecule has 1 aliphatic heterocycles. The predicted octanol–water partition coefficient (Wildman–Crippen LogP) is 4.11. The second-order valence-electron chi connectivity index (χ2n) is 9.36. The number of aromatic nitrogens is 1. The quantitative estimate of drug-likeness (QED) is 0.479. The zero-order valence-corrected chi connectivity index (χ0v) is 20.9. The molecule has 0 amide bonds. The summed E-state index contributed by atoms with van der Waals surface area (Å²) in [5, 5.41) is 0. The molecule has 4 rings (SSSR count). The van der Waals surface area contributed by atoms with E-state index in [0.29, 0.717) is 0 Å². The highest BCUT2D eigenvalue weighted by Gasteiger charge is 2.16. The van der Waals surface area contributed by atoms with Gasteiger partial charge in [0.25, 0.3) is 0 Å². The van der Waals surface area contributed by atoms with Gasteiger partial charge in [0.1, 0.15) is 5.75 Å². The van der Waals surface area contributed by atoms with E-state index in [1.165, 1.54) is 22.5 Å². The van der Waals surface area contributed by atoms with Gasteiger partial charge in [-0.2, -0.15) is 0 Å². The van der Waals surface area contributed by atoms with E-state index < -0.39 is 0 Å². The third kappa shape index (κ3) is 6.49. The number of anilines is 2. The van der Waals surface area contributed by atoms with Gasteiger partial charge in [-0.1, -0.05) is 24.3 Å². The van der Waals surface area contributed by atoms with Gasteiger partial charge in [0, 0.05) is 77.5 Å². The smallest absolute Gasteiger partial charge is 0.119 e. The molecule has 34 heavy (non-hydrogen) atoms. The zero-order valence-electron chi connectivity index (χ0n) is 20.9. The van der Waals surface area contributed by atoms with E-state index in [1.807, 2.05) is 12.3 Å². The summed E-state index contributed by atoms with van der Waals surface area (Å²) in [7, 11) is 8.08. The number of rotatable bonds is 9. The van der Waals surface area contributed by atoms with Crippen LogP contribution < -0.4 is 14.5 Å². The van der Waals surface area contributed by atoms with Crippen LogP contribution in [0.25, 0.3) is 0 Å². The average Bonchev–Trinajstić information content (AvgIpc) is 2.85. The number of hydrogen-bond acceptors (Lipinski definition) is 6. The van der Waals surface area contributed by atoms with Crippen LogP contribution in [0.1, 0.15) is 16.8 Å². The first-order chi connectivity index (χ1) is 16.5. The summed E-state index contributed by atoms with van der Waals surface area (Å²) in [4.78, 5) is 14.2. The van der Waals surface area contributed by atoms with Crippen LogP contribution >= 0.6 is 0 Å². The van der Waals surface area contributed by atoms with Crippen LogP contribution in [0.15, 0.2) is 66.9 Å². The molecular weight excluding hydrogens is 422 g/mol. The maximum Gasteiger partial charge on any atom is 0.119 e. The fraction of sp³-hybridized carbons (Fsp3) is 0.393. The van der Waals surface area contributed by atoms with Crippen molar-refractivity contribution in [2.45, 2.75) is 19.6 Å². The molecule has 180 valence electrons. The Morgan fingerprint density at radius 1 is 0.853 bits per heavy atom. The lowest BCUT2D eigenvalue weighted by Gasteiger charge is -2.32. The van der Waals surface area contributed by atoms with Gasteiger partial charge in [-0.05, 0) is 54.6 Å². The molecule has 3 aromatic rings. The Bertz CT molecular complexity index is 1060. The van der Waals surface area contributed by atoms with Crippen molar-refractivity contribution >= 4 is 11.4 Å². The predicted molar refractivity (Wildman–Crippen MR) is 141 cm³/mol. The highest BCUT2D eigenvalue weighted by atomic mass is 16.5. The molecule has 0 saturated carbocycles. The largest absolute Gasteiger partial charge is 0.497 e. The molecule has 1 aliphatic rings. The van der Waals surface area contributed by atoms with Gasteiger partial charge in [0.2, 0.25) is 0 Å². The van der Waals surface area contributed by atoms with E-state index in [-0.39, 0.29) is 0 Å². The van der Waals surface area contributed by atoms with Gasteiger partial charge < -0.3 is 19.4 Å². The van der Waals surface area contributed by atoms with Gasteiger partial charge in [-0.15, -0.1) is 0 Å². The Kier molecular flexibility index (Phi) is 8.03. The molecule has 0 radical (unpaired) electrons. The van der Waals surface area contributed by atoms with E-state index >= 15 is 0 Å². The fourth-order valence-corrected chi connectivity index (χ4v) is 4.37. The molecule has 2 heterocycles. The molecule has 1 aromatic heterocycles. The van der Waals surface area contributed by atoms with Crippen molar-refractivity contribution in [3.8, 4) is 5.75 Å². The molecule has 6 heteroatoms. The molecule has 0 spiro atoms. The van der Waals surface area contributed by atoms with Crippen LogP contribution in [0, 0.1) is 0 Å². The van der Waals surface area contributed by atoms with Crippen molar-refractivity contribution in [3.05, 3.63) is 83.7 Å². The Morgan fingerprint density at radius 2 is 1.56 bits per heavy atom. The molecule has 0 unspecified atom stereocenters. The number of benzene rings is 2. The maximum absolute atomic E-state index is 5.47. The van der Waals surface area contributed by atoms with E-state index in [9.17, 15) is 0 Å². The minimum Gasteiger partial charge on any atom is -0.497 e. The number of pyridine rings is 1. The topological polar surface area (TPSA) is 35.1 Å². The molecule has 0 bridgehead atoms. The minimum absolute atomic E-state index is 0.793. The van der Waals surface area contributed by atoms with E-state index in [0.717, 1.165) is 57.3 Å². The Hall–Kier alpha value is -3.09.